The fourth-order valence-corrected chi connectivity index (χ4v) is 4.12. The van der Waals surface area contributed by atoms with E-state index in [0.717, 1.165) is 27.7 Å². The number of carbonyl (C=O) groups is 1. The Labute approximate surface area is 170 Å². The molecular formula is C19H26N4O3S2. The molecule has 0 fully saturated rings. The van der Waals surface area contributed by atoms with Crippen LogP contribution in [0.2, 0.25) is 0 Å². The molecule has 0 spiro atoms. The van der Waals surface area contributed by atoms with Gasteiger partial charge in [-0.3, -0.25) is 4.79 Å². The summed E-state index contributed by atoms with van der Waals surface area (Å²) in [4.78, 5) is 21.2. The van der Waals surface area contributed by atoms with Gasteiger partial charge in [-0.15, -0.1) is 0 Å². The summed E-state index contributed by atoms with van der Waals surface area (Å²) in [5.41, 5.74) is 4.24. The molecule has 0 unspecified atom stereocenters. The van der Waals surface area contributed by atoms with Gasteiger partial charge in [0.05, 0.1) is 5.75 Å². The Morgan fingerprint density at radius 1 is 1.11 bits per heavy atom. The van der Waals surface area contributed by atoms with E-state index in [2.05, 4.69) is 20.0 Å². The lowest BCUT2D eigenvalue weighted by molar-refractivity contribution is -0.121. The molecule has 0 bridgehead atoms. The zero-order valence-corrected chi connectivity index (χ0v) is 18.2. The summed E-state index contributed by atoms with van der Waals surface area (Å²) < 4.78 is 25.9. The highest BCUT2D eigenvalue weighted by Gasteiger charge is 2.14. The number of thioether (sulfide) groups is 1. The van der Waals surface area contributed by atoms with Crippen LogP contribution in [0, 0.1) is 13.8 Å². The molecular weight excluding hydrogens is 396 g/mol. The van der Waals surface area contributed by atoms with Crippen molar-refractivity contribution in [2.75, 3.05) is 13.3 Å². The first-order valence-electron chi connectivity index (χ1n) is 8.88. The number of benzene rings is 1. The molecule has 28 heavy (non-hydrogen) atoms. The number of aryl methyl sites for hydroxylation is 2. The highest BCUT2D eigenvalue weighted by atomic mass is 32.2. The quantitative estimate of drug-likeness (QED) is 0.474. The van der Waals surface area contributed by atoms with Crippen molar-refractivity contribution in [1.82, 2.24) is 20.0 Å². The third-order valence-corrected chi connectivity index (χ3v) is 6.30. The zero-order valence-electron chi connectivity index (χ0n) is 16.6. The van der Waals surface area contributed by atoms with E-state index >= 15 is 0 Å². The van der Waals surface area contributed by atoms with Crippen LogP contribution in [-0.2, 0) is 33.5 Å². The van der Waals surface area contributed by atoms with Crippen LogP contribution >= 0.6 is 11.8 Å². The van der Waals surface area contributed by atoms with Gasteiger partial charge < -0.3 is 5.32 Å². The van der Waals surface area contributed by atoms with Crippen LogP contribution in [0.15, 0.2) is 29.4 Å². The molecule has 2 N–H and O–H groups in total. The van der Waals surface area contributed by atoms with E-state index in [0.29, 0.717) is 18.4 Å². The van der Waals surface area contributed by atoms with E-state index in [4.69, 9.17) is 0 Å². The fraction of sp³-hybridized carbons (Fsp3) is 0.421. The van der Waals surface area contributed by atoms with Gasteiger partial charge in [-0.2, -0.15) is 0 Å². The molecule has 1 aromatic heterocycles. The smallest absolute Gasteiger partial charge is 0.220 e. The van der Waals surface area contributed by atoms with Crippen LogP contribution in [0.3, 0.4) is 0 Å². The van der Waals surface area contributed by atoms with Crippen LogP contribution < -0.4 is 10.0 Å². The molecule has 1 aromatic carbocycles. The van der Waals surface area contributed by atoms with Gasteiger partial charge in [0.15, 0.2) is 5.16 Å². The molecule has 9 heteroatoms. The number of hydrogen-bond acceptors (Lipinski definition) is 6. The number of aromatic nitrogens is 2. The van der Waals surface area contributed by atoms with Crippen LogP contribution in [0.25, 0.3) is 0 Å². The molecule has 0 aliphatic rings. The first-order chi connectivity index (χ1) is 13.3. The van der Waals surface area contributed by atoms with Crippen molar-refractivity contribution in [3.05, 3.63) is 52.3 Å². The summed E-state index contributed by atoms with van der Waals surface area (Å²) in [7, 11) is -1.99. The lowest BCUT2D eigenvalue weighted by Gasteiger charge is -2.12. The van der Waals surface area contributed by atoms with E-state index in [9.17, 15) is 13.2 Å². The maximum absolute atomic E-state index is 12.3. The van der Waals surface area contributed by atoms with Gasteiger partial charge in [-0.1, -0.05) is 36.0 Å². The van der Waals surface area contributed by atoms with Gasteiger partial charge in [0, 0.05) is 24.4 Å². The largest absolute Gasteiger partial charge is 0.352 e. The molecule has 0 radical (unpaired) electrons. The molecule has 2 rings (SSSR count). The van der Waals surface area contributed by atoms with Crippen molar-refractivity contribution < 1.29 is 13.2 Å². The minimum Gasteiger partial charge on any atom is -0.352 e. The third kappa shape index (κ3) is 6.29. The molecule has 152 valence electrons. The summed E-state index contributed by atoms with van der Waals surface area (Å²) in [5.74, 6) is -0.216. The fourth-order valence-electron chi connectivity index (χ4n) is 2.83. The molecule has 0 aliphatic heterocycles. The van der Waals surface area contributed by atoms with Gasteiger partial charge in [0.25, 0.3) is 0 Å². The minimum atomic E-state index is -3.37. The number of carbonyl (C=O) groups excluding carboxylic acids is 1. The zero-order chi connectivity index (χ0) is 20.7. The molecule has 0 saturated heterocycles. The second kappa shape index (κ2) is 9.99. The highest BCUT2D eigenvalue weighted by Crippen LogP contribution is 2.17. The van der Waals surface area contributed by atoms with Crippen molar-refractivity contribution >= 4 is 27.7 Å². The first kappa shape index (κ1) is 22.3. The Hall–Kier alpha value is -1.97. The molecule has 1 amide bonds. The predicted molar refractivity (Wildman–Crippen MR) is 112 cm³/mol. The molecule has 1 heterocycles. The highest BCUT2D eigenvalue weighted by molar-refractivity contribution is 7.98. The predicted octanol–water partition coefficient (Wildman–Crippen LogP) is 2.11. The molecule has 0 saturated carbocycles. The molecule has 7 nitrogen and oxygen atoms in total. The molecule has 0 aliphatic carbocycles. The van der Waals surface area contributed by atoms with Crippen molar-refractivity contribution in [3.63, 3.8) is 0 Å². The Bertz CT molecular complexity index is 923. The minimum absolute atomic E-state index is 0.0981. The Morgan fingerprint density at radius 2 is 1.71 bits per heavy atom. The SMILES string of the molecule is CNS(=O)(=O)Cc1ccccc1CNC(=O)CCc1c(C)nc(SC)nc1C. The van der Waals surface area contributed by atoms with E-state index < -0.39 is 10.0 Å². The van der Waals surface area contributed by atoms with E-state index in [1.807, 2.05) is 32.2 Å². The van der Waals surface area contributed by atoms with Crippen LogP contribution in [0.4, 0.5) is 0 Å². The second-order valence-corrected chi connectivity index (χ2v) is 9.07. The Kier molecular flexibility index (Phi) is 7.97. The lowest BCUT2D eigenvalue weighted by Crippen LogP contribution is -2.25. The van der Waals surface area contributed by atoms with Crippen molar-refractivity contribution in [2.24, 2.45) is 0 Å². The number of nitrogens with one attached hydrogen (secondary N) is 2. The molecule has 0 atom stereocenters. The second-order valence-electron chi connectivity index (χ2n) is 6.37. The topological polar surface area (TPSA) is 101 Å². The standard InChI is InChI=1S/C19H26N4O3S2/c1-13-17(14(2)23-19(22-13)27-4)9-10-18(24)21-11-15-7-5-6-8-16(15)12-28(25,26)20-3/h5-8,20H,9-12H2,1-4H3,(H,21,24). The summed E-state index contributed by atoms with van der Waals surface area (Å²) in [6.45, 7) is 4.15. The van der Waals surface area contributed by atoms with Gasteiger partial charge in [0.2, 0.25) is 15.9 Å². The maximum atomic E-state index is 12.3. The van der Waals surface area contributed by atoms with E-state index in [-0.39, 0.29) is 18.2 Å². The average Bonchev–Trinajstić information content (AvgIpc) is 2.66. The first-order valence-corrected chi connectivity index (χ1v) is 11.8. The number of rotatable bonds is 9. The third-order valence-electron chi connectivity index (χ3n) is 4.44. The van der Waals surface area contributed by atoms with Crippen LogP contribution in [0.1, 0.15) is 34.5 Å². The summed E-state index contributed by atoms with van der Waals surface area (Å²) in [6, 6.07) is 7.20. The Balaban J connectivity index is 1.97. The van der Waals surface area contributed by atoms with Gasteiger partial charge in [0.1, 0.15) is 0 Å². The monoisotopic (exact) mass is 422 g/mol. The normalized spacial score (nSPS) is 11.4. The summed E-state index contributed by atoms with van der Waals surface area (Å²) in [6.07, 6.45) is 2.82. The van der Waals surface area contributed by atoms with Gasteiger partial charge in [-0.05, 0) is 50.3 Å². The summed E-state index contributed by atoms with van der Waals surface area (Å²) in [5, 5.41) is 3.61. The number of nitrogens with zero attached hydrogens (tertiary/aromatic N) is 2. The van der Waals surface area contributed by atoms with E-state index in [1.165, 1.54) is 18.8 Å². The van der Waals surface area contributed by atoms with Gasteiger partial charge in [-0.25, -0.2) is 23.1 Å². The van der Waals surface area contributed by atoms with Crippen molar-refractivity contribution in [3.8, 4) is 0 Å². The van der Waals surface area contributed by atoms with Crippen LogP contribution in [0.5, 0.6) is 0 Å². The van der Waals surface area contributed by atoms with E-state index in [1.54, 1.807) is 12.1 Å². The van der Waals surface area contributed by atoms with Crippen molar-refractivity contribution in [1.29, 1.82) is 0 Å². The summed E-state index contributed by atoms with van der Waals surface area (Å²) >= 11 is 1.49. The maximum Gasteiger partial charge on any atom is 0.220 e. The van der Waals surface area contributed by atoms with Crippen LogP contribution in [-0.4, -0.2) is 37.6 Å². The van der Waals surface area contributed by atoms with Gasteiger partial charge >= 0.3 is 0 Å². The average molecular weight is 423 g/mol. The number of amides is 1. The van der Waals surface area contributed by atoms with Crippen molar-refractivity contribution in [2.45, 2.75) is 44.1 Å². The number of sulfonamides is 1. The Morgan fingerprint density at radius 3 is 2.29 bits per heavy atom. The number of hydrogen-bond donors (Lipinski definition) is 2. The lowest BCUT2D eigenvalue weighted by atomic mass is 10.1. The molecule has 2 aromatic rings.